The molecule has 0 aromatic heterocycles. The second-order valence-electron chi connectivity index (χ2n) is 6.78. The average Bonchev–Trinajstić information content (AvgIpc) is 2.51. The average molecular weight is 290 g/mol. The maximum absolute atomic E-state index is 5.88. The van der Waals surface area contributed by atoms with E-state index in [-0.39, 0.29) is 0 Å². The van der Waals surface area contributed by atoms with E-state index in [1.54, 1.807) is 4.90 Å². The molecule has 1 unspecified atom stereocenters. The Labute approximate surface area is 130 Å². The van der Waals surface area contributed by atoms with Crippen LogP contribution in [-0.4, -0.2) is 26.2 Å². The minimum atomic E-state index is 0.642. The lowest BCUT2D eigenvalue weighted by Crippen LogP contribution is -3.13. The highest BCUT2D eigenvalue weighted by atomic mass is 16.5. The first-order chi connectivity index (χ1) is 10.2. The minimum absolute atomic E-state index is 0.642. The molecule has 1 aromatic rings. The van der Waals surface area contributed by atoms with Crippen molar-refractivity contribution >= 4 is 0 Å². The molecule has 2 heteroatoms. The van der Waals surface area contributed by atoms with Crippen LogP contribution in [0.4, 0.5) is 0 Å². The van der Waals surface area contributed by atoms with Gasteiger partial charge in [-0.15, -0.1) is 0 Å². The first-order valence-corrected chi connectivity index (χ1v) is 8.75. The molecule has 2 rings (SSSR count). The molecule has 1 fully saturated rings. The molecule has 0 spiro atoms. The maximum atomic E-state index is 5.88. The number of piperidine rings is 1. The molecule has 1 heterocycles. The van der Waals surface area contributed by atoms with E-state index >= 15 is 0 Å². The molecule has 0 bridgehead atoms. The number of ether oxygens (including phenoxy) is 1. The van der Waals surface area contributed by atoms with Crippen molar-refractivity contribution < 1.29 is 9.64 Å². The smallest absolute Gasteiger partial charge is 0.119 e. The first kappa shape index (κ1) is 16.4. The fourth-order valence-corrected chi connectivity index (χ4v) is 3.26. The number of hydrogen-bond donors (Lipinski definition) is 1. The van der Waals surface area contributed by atoms with Crippen molar-refractivity contribution in [3.8, 4) is 5.75 Å². The van der Waals surface area contributed by atoms with Gasteiger partial charge < -0.3 is 9.64 Å². The zero-order valence-electron chi connectivity index (χ0n) is 14.0. The van der Waals surface area contributed by atoms with Crippen molar-refractivity contribution in [1.82, 2.24) is 0 Å². The standard InChI is InChI=1S/C19H31NO/c1-4-17(3)18-8-10-19(11-9-18)21-14-6-13-20-12-5-7-16(2)15-20/h8-11,16-17H,4-7,12-15H2,1-3H3/p+1/t16-,17+/m0/s1. The summed E-state index contributed by atoms with van der Waals surface area (Å²) in [5.41, 5.74) is 1.41. The van der Waals surface area contributed by atoms with E-state index in [4.69, 9.17) is 4.74 Å². The predicted octanol–water partition coefficient (Wildman–Crippen LogP) is 3.28. The van der Waals surface area contributed by atoms with Crippen LogP contribution in [0.5, 0.6) is 5.75 Å². The summed E-state index contributed by atoms with van der Waals surface area (Å²) in [6.45, 7) is 11.7. The molecule has 1 aromatic carbocycles. The van der Waals surface area contributed by atoms with Gasteiger partial charge in [-0.2, -0.15) is 0 Å². The fourth-order valence-electron chi connectivity index (χ4n) is 3.26. The van der Waals surface area contributed by atoms with Gasteiger partial charge in [0.15, 0.2) is 0 Å². The quantitative estimate of drug-likeness (QED) is 0.761. The van der Waals surface area contributed by atoms with Crippen molar-refractivity contribution in [2.24, 2.45) is 5.92 Å². The zero-order valence-corrected chi connectivity index (χ0v) is 14.0. The lowest BCUT2D eigenvalue weighted by molar-refractivity contribution is -0.908. The van der Waals surface area contributed by atoms with Crippen molar-refractivity contribution in [3.63, 3.8) is 0 Å². The Morgan fingerprint density at radius 2 is 2.05 bits per heavy atom. The molecule has 21 heavy (non-hydrogen) atoms. The first-order valence-electron chi connectivity index (χ1n) is 8.75. The minimum Gasteiger partial charge on any atom is -0.493 e. The highest BCUT2D eigenvalue weighted by Crippen LogP contribution is 2.21. The monoisotopic (exact) mass is 290 g/mol. The normalized spacial score (nSPS) is 23.8. The molecule has 1 saturated heterocycles. The van der Waals surface area contributed by atoms with Gasteiger partial charge in [-0.05, 0) is 42.9 Å². The van der Waals surface area contributed by atoms with Crippen LogP contribution >= 0.6 is 0 Å². The van der Waals surface area contributed by atoms with Crippen molar-refractivity contribution in [3.05, 3.63) is 29.8 Å². The largest absolute Gasteiger partial charge is 0.493 e. The summed E-state index contributed by atoms with van der Waals surface area (Å²) in [5.74, 6) is 2.57. The van der Waals surface area contributed by atoms with Crippen LogP contribution in [0.25, 0.3) is 0 Å². The van der Waals surface area contributed by atoms with Gasteiger partial charge in [0.05, 0.1) is 26.2 Å². The molecular formula is C19H32NO+. The molecule has 1 aliphatic heterocycles. The second kappa shape index (κ2) is 8.43. The van der Waals surface area contributed by atoms with Crippen LogP contribution in [0, 0.1) is 5.92 Å². The number of hydrogen-bond acceptors (Lipinski definition) is 1. The van der Waals surface area contributed by atoms with Crippen molar-refractivity contribution in [2.75, 3.05) is 26.2 Å². The van der Waals surface area contributed by atoms with E-state index in [2.05, 4.69) is 45.0 Å². The van der Waals surface area contributed by atoms with E-state index in [9.17, 15) is 0 Å². The van der Waals surface area contributed by atoms with E-state index in [0.29, 0.717) is 5.92 Å². The summed E-state index contributed by atoms with van der Waals surface area (Å²) in [4.78, 5) is 1.77. The molecular weight excluding hydrogens is 258 g/mol. The summed E-state index contributed by atoms with van der Waals surface area (Å²) in [6.07, 6.45) is 5.17. The highest BCUT2D eigenvalue weighted by molar-refractivity contribution is 5.29. The Hall–Kier alpha value is -1.02. The third-order valence-corrected chi connectivity index (χ3v) is 4.87. The molecule has 1 aliphatic rings. The molecule has 2 nitrogen and oxygen atoms in total. The van der Waals surface area contributed by atoms with Crippen LogP contribution in [-0.2, 0) is 0 Å². The lowest BCUT2D eigenvalue weighted by Gasteiger charge is -2.27. The van der Waals surface area contributed by atoms with Gasteiger partial charge in [-0.3, -0.25) is 0 Å². The summed E-state index contributed by atoms with van der Waals surface area (Å²) in [6, 6.07) is 8.66. The Kier molecular flexibility index (Phi) is 6.56. The SMILES string of the molecule is CC[C@@H](C)c1ccc(OCCC[NH+]2CCC[C@H](C)C2)cc1. The van der Waals surface area contributed by atoms with Crippen molar-refractivity contribution in [2.45, 2.75) is 52.4 Å². The Balaban J connectivity index is 1.66. The van der Waals surface area contributed by atoms with Gasteiger partial charge >= 0.3 is 0 Å². The predicted molar refractivity (Wildman–Crippen MR) is 89.2 cm³/mol. The van der Waals surface area contributed by atoms with Gasteiger partial charge in [0, 0.05) is 12.3 Å². The maximum Gasteiger partial charge on any atom is 0.119 e. The van der Waals surface area contributed by atoms with Gasteiger partial charge in [-0.25, -0.2) is 0 Å². The third kappa shape index (κ3) is 5.35. The Bertz CT molecular complexity index is 401. The van der Waals surface area contributed by atoms with E-state index in [1.807, 2.05) is 0 Å². The van der Waals surface area contributed by atoms with Gasteiger partial charge in [-0.1, -0.05) is 32.9 Å². The molecule has 3 atom stereocenters. The molecule has 118 valence electrons. The molecule has 0 radical (unpaired) electrons. The van der Waals surface area contributed by atoms with E-state index < -0.39 is 0 Å². The van der Waals surface area contributed by atoms with Gasteiger partial charge in [0.1, 0.15) is 5.75 Å². The van der Waals surface area contributed by atoms with Crippen LogP contribution in [0.2, 0.25) is 0 Å². The van der Waals surface area contributed by atoms with Crippen LogP contribution in [0.15, 0.2) is 24.3 Å². The van der Waals surface area contributed by atoms with Crippen LogP contribution in [0.1, 0.15) is 57.9 Å². The third-order valence-electron chi connectivity index (χ3n) is 4.87. The fraction of sp³-hybridized carbons (Fsp3) is 0.684. The molecule has 1 N–H and O–H groups in total. The van der Waals surface area contributed by atoms with Crippen molar-refractivity contribution in [1.29, 1.82) is 0 Å². The number of nitrogens with one attached hydrogen (secondary N) is 1. The Morgan fingerprint density at radius 1 is 1.29 bits per heavy atom. The highest BCUT2D eigenvalue weighted by Gasteiger charge is 2.18. The Morgan fingerprint density at radius 3 is 2.71 bits per heavy atom. The number of benzene rings is 1. The number of quaternary nitrogens is 1. The topological polar surface area (TPSA) is 13.7 Å². The van der Waals surface area contributed by atoms with Gasteiger partial charge in [0.2, 0.25) is 0 Å². The van der Waals surface area contributed by atoms with Gasteiger partial charge in [0.25, 0.3) is 0 Å². The summed E-state index contributed by atoms with van der Waals surface area (Å²) >= 11 is 0. The summed E-state index contributed by atoms with van der Waals surface area (Å²) in [5, 5.41) is 0. The molecule has 0 saturated carbocycles. The van der Waals surface area contributed by atoms with Crippen LogP contribution < -0.4 is 9.64 Å². The number of likely N-dealkylation sites (tertiary alicyclic amines) is 1. The lowest BCUT2D eigenvalue weighted by atomic mass is 9.99. The van der Waals surface area contributed by atoms with E-state index in [1.165, 1.54) is 44.5 Å². The zero-order chi connectivity index (χ0) is 15.1. The molecule has 0 aliphatic carbocycles. The van der Waals surface area contributed by atoms with E-state index in [0.717, 1.165) is 24.7 Å². The summed E-state index contributed by atoms with van der Waals surface area (Å²) in [7, 11) is 0. The second-order valence-corrected chi connectivity index (χ2v) is 6.78. The molecule has 0 amide bonds. The summed E-state index contributed by atoms with van der Waals surface area (Å²) < 4.78 is 5.88. The van der Waals surface area contributed by atoms with Crippen LogP contribution in [0.3, 0.4) is 0 Å². The number of rotatable bonds is 7.